The van der Waals surface area contributed by atoms with Gasteiger partial charge < -0.3 is 10.2 Å². The van der Waals surface area contributed by atoms with Crippen molar-refractivity contribution in [2.24, 2.45) is 0 Å². The Morgan fingerprint density at radius 3 is 2.89 bits per heavy atom. The lowest BCUT2D eigenvalue weighted by atomic mass is 10.00. The molecule has 1 aromatic rings. The molecule has 2 rings (SSSR count). The van der Waals surface area contributed by atoms with Crippen LogP contribution < -0.4 is 5.32 Å². The molecule has 1 amide bonds. The lowest BCUT2D eigenvalue weighted by Gasteiger charge is -2.29. The number of nitrogens with zero attached hydrogens (tertiary/aromatic N) is 1. The molecule has 0 spiro atoms. The Bertz CT molecular complexity index is 420. The standard InChI is InChI=1S/C14H19ClN2O/c1-11(15)8-16-9-14(18)17-7-6-12-4-2-3-5-13(12)10-17/h2-5,11,16H,6-10H2,1H3. The van der Waals surface area contributed by atoms with E-state index in [-0.39, 0.29) is 11.3 Å². The molecule has 4 heteroatoms. The van der Waals surface area contributed by atoms with Gasteiger partial charge in [-0.3, -0.25) is 4.79 Å². The number of halogens is 1. The van der Waals surface area contributed by atoms with E-state index >= 15 is 0 Å². The molecule has 1 heterocycles. The third-order valence-corrected chi connectivity index (χ3v) is 3.34. The van der Waals surface area contributed by atoms with Crippen LogP contribution in [0.5, 0.6) is 0 Å². The largest absolute Gasteiger partial charge is 0.337 e. The molecule has 1 N–H and O–H groups in total. The van der Waals surface area contributed by atoms with Crippen LogP contribution in [0, 0.1) is 0 Å². The summed E-state index contributed by atoms with van der Waals surface area (Å²) in [6.07, 6.45) is 0.952. The first-order valence-corrected chi connectivity index (χ1v) is 6.80. The van der Waals surface area contributed by atoms with Crippen LogP contribution in [0.4, 0.5) is 0 Å². The SMILES string of the molecule is CC(Cl)CNCC(=O)N1CCc2ccccc2C1. The Labute approximate surface area is 113 Å². The summed E-state index contributed by atoms with van der Waals surface area (Å²) >= 11 is 5.83. The van der Waals surface area contributed by atoms with Gasteiger partial charge in [-0.25, -0.2) is 0 Å². The summed E-state index contributed by atoms with van der Waals surface area (Å²) in [6, 6.07) is 8.33. The Morgan fingerprint density at radius 2 is 2.17 bits per heavy atom. The number of amides is 1. The normalized spacial score (nSPS) is 16.2. The maximum Gasteiger partial charge on any atom is 0.236 e. The second-order valence-corrected chi connectivity index (χ2v) is 5.49. The van der Waals surface area contributed by atoms with Gasteiger partial charge in [-0.2, -0.15) is 0 Å². The molecule has 1 aromatic carbocycles. The van der Waals surface area contributed by atoms with Crippen LogP contribution in [0.3, 0.4) is 0 Å². The van der Waals surface area contributed by atoms with Crippen LogP contribution in [0.15, 0.2) is 24.3 Å². The molecule has 0 saturated heterocycles. The Balaban J connectivity index is 1.87. The van der Waals surface area contributed by atoms with Crippen molar-refractivity contribution in [3.8, 4) is 0 Å². The van der Waals surface area contributed by atoms with Crippen molar-refractivity contribution in [3.63, 3.8) is 0 Å². The number of alkyl halides is 1. The molecule has 0 bridgehead atoms. The third kappa shape index (κ3) is 3.47. The molecule has 0 fully saturated rings. The fraction of sp³-hybridized carbons (Fsp3) is 0.500. The second kappa shape index (κ2) is 6.21. The van der Waals surface area contributed by atoms with E-state index in [9.17, 15) is 4.79 Å². The maximum absolute atomic E-state index is 12.0. The summed E-state index contributed by atoms with van der Waals surface area (Å²) in [5.41, 5.74) is 2.63. The van der Waals surface area contributed by atoms with E-state index in [2.05, 4.69) is 23.5 Å². The van der Waals surface area contributed by atoms with E-state index in [1.165, 1.54) is 11.1 Å². The van der Waals surface area contributed by atoms with Crippen LogP contribution in [0.25, 0.3) is 0 Å². The van der Waals surface area contributed by atoms with Crippen molar-refractivity contribution in [2.45, 2.75) is 25.3 Å². The highest BCUT2D eigenvalue weighted by Crippen LogP contribution is 2.18. The zero-order valence-corrected chi connectivity index (χ0v) is 11.4. The molecule has 0 saturated carbocycles. The van der Waals surface area contributed by atoms with E-state index in [0.717, 1.165) is 19.5 Å². The monoisotopic (exact) mass is 266 g/mol. The van der Waals surface area contributed by atoms with Gasteiger partial charge in [0, 0.05) is 25.0 Å². The van der Waals surface area contributed by atoms with Gasteiger partial charge >= 0.3 is 0 Å². The fourth-order valence-corrected chi connectivity index (χ4v) is 2.31. The summed E-state index contributed by atoms with van der Waals surface area (Å²) in [4.78, 5) is 13.9. The highest BCUT2D eigenvalue weighted by Gasteiger charge is 2.19. The van der Waals surface area contributed by atoms with Gasteiger partial charge in [0.05, 0.1) is 6.54 Å². The molecule has 1 aliphatic rings. The van der Waals surface area contributed by atoms with Gasteiger partial charge in [0.25, 0.3) is 0 Å². The van der Waals surface area contributed by atoms with Crippen LogP contribution >= 0.6 is 11.6 Å². The highest BCUT2D eigenvalue weighted by atomic mass is 35.5. The number of carbonyl (C=O) groups is 1. The van der Waals surface area contributed by atoms with Gasteiger partial charge in [-0.15, -0.1) is 11.6 Å². The zero-order chi connectivity index (χ0) is 13.0. The minimum atomic E-state index is 0.0554. The van der Waals surface area contributed by atoms with Gasteiger partial charge in [-0.1, -0.05) is 24.3 Å². The van der Waals surface area contributed by atoms with Gasteiger partial charge in [-0.05, 0) is 24.5 Å². The smallest absolute Gasteiger partial charge is 0.236 e. The van der Waals surface area contributed by atoms with Crippen molar-refractivity contribution in [1.29, 1.82) is 0 Å². The van der Waals surface area contributed by atoms with E-state index in [0.29, 0.717) is 13.1 Å². The third-order valence-electron chi connectivity index (χ3n) is 3.19. The molecule has 3 nitrogen and oxygen atoms in total. The van der Waals surface area contributed by atoms with Crippen molar-refractivity contribution in [2.75, 3.05) is 19.6 Å². The fourth-order valence-electron chi connectivity index (χ4n) is 2.20. The number of nitrogens with one attached hydrogen (secondary N) is 1. The quantitative estimate of drug-likeness (QED) is 0.843. The molecule has 18 heavy (non-hydrogen) atoms. The van der Waals surface area contributed by atoms with Crippen molar-refractivity contribution < 1.29 is 4.79 Å². The lowest BCUT2D eigenvalue weighted by molar-refractivity contribution is -0.131. The van der Waals surface area contributed by atoms with Gasteiger partial charge in [0.1, 0.15) is 0 Å². The summed E-state index contributed by atoms with van der Waals surface area (Å²) in [6.45, 7) is 4.49. The Morgan fingerprint density at radius 1 is 1.44 bits per heavy atom. The second-order valence-electron chi connectivity index (χ2n) is 4.75. The minimum Gasteiger partial charge on any atom is -0.337 e. The molecule has 98 valence electrons. The first-order valence-electron chi connectivity index (χ1n) is 6.36. The molecular formula is C14H19ClN2O. The predicted octanol–water partition coefficient (Wildman–Crippen LogP) is 1.79. The molecule has 0 radical (unpaired) electrons. The van der Waals surface area contributed by atoms with Crippen LogP contribution in [0.1, 0.15) is 18.1 Å². The highest BCUT2D eigenvalue weighted by molar-refractivity contribution is 6.20. The summed E-state index contributed by atoms with van der Waals surface area (Å²) in [7, 11) is 0. The molecule has 1 aliphatic heterocycles. The minimum absolute atomic E-state index is 0.0554. The van der Waals surface area contributed by atoms with E-state index < -0.39 is 0 Å². The first kappa shape index (κ1) is 13.4. The topological polar surface area (TPSA) is 32.3 Å². The number of benzene rings is 1. The number of hydrogen-bond acceptors (Lipinski definition) is 2. The molecule has 0 aliphatic carbocycles. The number of rotatable bonds is 4. The van der Waals surface area contributed by atoms with Gasteiger partial charge in [0.15, 0.2) is 0 Å². The van der Waals surface area contributed by atoms with Crippen molar-refractivity contribution in [3.05, 3.63) is 35.4 Å². The Kier molecular flexibility index (Phi) is 4.61. The van der Waals surface area contributed by atoms with Crippen molar-refractivity contribution >= 4 is 17.5 Å². The molecule has 1 atom stereocenters. The first-order chi connectivity index (χ1) is 8.66. The van der Waals surface area contributed by atoms with E-state index in [4.69, 9.17) is 11.6 Å². The lowest BCUT2D eigenvalue weighted by Crippen LogP contribution is -2.42. The van der Waals surface area contributed by atoms with Crippen molar-refractivity contribution in [1.82, 2.24) is 10.2 Å². The van der Waals surface area contributed by atoms with Crippen LogP contribution in [-0.4, -0.2) is 35.8 Å². The zero-order valence-electron chi connectivity index (χ0n) is 10.7. The maximum atomic E-state index is 12.0. The molecule has 1 unspecified atom stereocenters. The average Bonchev–Trinajstić information content (AvgIpc) is 2.37. The summed E-state index contributed by atoms with van der Waals surface area (Å²) < 4.78 is 0. The summed E-state index contributed by atoms with van der Waals surface area (Å²) in [5.74, 6) is 0.154. The van der Waals surface area contributed by atoms with E-state index in [1.807, 2.05) is 17.9 Å². The van der Waals surface area contributed by atoms with E-state index in [1.54, 1.807) is 0 Å². The summed E-state index contributed by atoms with van der Waals surface area (Å²) in [5, 5.41) is 3.14. The predicted molar refractivity (Wildman–Crippen MR) is 73.7 cm³/mol. The Hall–Kier alpha value is -1.06. The van der Waals surface area contributed by atoms with Crippen LogP contribution in [-0.2, 0) is 17.8 Å². The molecule has 0 aromatic heterocycles. The number of fused-ring (bicyclic) bond motifs is 1. The number of carbonyl (C=O) groups excluding carboxylic acids is 1. The van der Waals surface area contributed by atoms with Crippen LogP contribution in [0.2, 0.25) is 0 Å². The average molecular weight is 267 g/mol. The molecular weight excluding hydrogens is 248 g/mol. The number of hydrogen-bond donors (Lipinski definition) is 1. The van der Waals surface area contributed by atoms with Gasteiger partial charge in [0.2, 0.25) is 5.91 Å².